The van der Waals surface area contributed by atoms with Gasteiger partial charge in [0, 0.05) is 5.39 Å². The molecule has 0 aromatic heterocycles. The minimum atomic E-state index is -2.83. The fraction of sp³-hybridized carbons (Fsp3) is 0.357. The van der Waals surface area contributed by atoms with Crippen molar-refractivity contribution >= 4 is 10.8 Å². The number of alkyl halides is 2. The Balaban J connectivity index is 1.42. The summed E-state index contributed by atoms with van der Waals surface area (Å²) in [4.78, 5) is 0. The first-order valence-electron chi connectivity index (χ1n) is 11.4. The molecule has 3 aromatic carbocycles. The summed E-state index contributed by atoms with van der Waals surface area (Å²) in [6.45, 7) is 1.03. The largest absolute Gasteiger partial charge is 0.435 e. The van der Waals surface area contributed by atoms with Crippen molar-refractivity contribution in [2.24, 2.45) is 5.92 Å². The number of allylic oxidation sites excluding steroid dienone is 1. The number of rotatable bonds is 8. The summed E-state index contributed by atoms with van der Waals surface area (Å²) < 4.78 is 44.1. The van der Waals surface area contributed by atoms with E-state index < -0.39 is 6.61 Å². The second kappa shape index (κ2) is 10.2. The van der Waals surface area contributed by atoms with E-state index in [1.54, 1.807) is 12.1 Å². The van der Waals surface area contributed by atoms with E-state index >= 15 is 4.39 Å². The molecule has 1 fully saturated rings. The van der Waals surface area contributed by atoms with Gasteiger partial charge in [-0.15, -0.1) is 6.58 Å². The Hall–Kier alpha value is -2.75. The molecule has 0 radical (unpaired) electrons. The van der Waals surface area contributed by atoms with E-state index in [0.717, 1.165) is 23.3 Å². The second-order valence-electron chi connectivity index (χ2n) is 8.78. The number of benzene rings is 3. The van der Waals surface area contributed by atoms with Crippen molar-refractivity contribution in [2.75, 3.05) is 0 Å². The van der Waals surface area contributed by atoms with Gasteiger partial charge in [-0.2, -0.15) is 8.78 Å². The first-order valence-corrected chi connectivity index (χ1v) is 11.4. The van der Waals surface area contributed by atoms with Gasteiger partial charge in [-0.05, 0) is 91.0 Å². The molecule has 0 saturated heterocycles. The molecular weight excluding hydrogens is 409 g/mol. The molecule has 0 spiro atoms. The highest BCUT2D eigenvalue weighted by Gasteiger charge is 2.22. The minimum absolute atomic E-state index is 0.130. The van der Waals surface area contributed by atoms with Crippen LogP contribution in [0.3, 0.4) is 0 Å². The molecule has 32 heavy (non-hydrogen) atoms. The highest BCUT2D eigenvalue weighted by Crippen LogP contribution is 2.38. The average Bonchev–Trinajstić information content (AvgIpc) is 2.80. The van der Waals surface area contributed by atoms with Crippen LogP contribution in [0.25, 0.3) is 10.8 Å². The molecule has 0 amide bonds. The minimum Gasteiger partial charge on any atom is -0.435 e. The first-order chi connectivity index (χ1) is 15.5. The zero-order valence-corrected chi connectivity index (χ0v) is 18.2. The van der Waals surface area contributed by atoms with Crippen LogP contribution in [0.5, 0.6) is 5.75 Å². The predicted molar refractivity (Wildman–Crippen MR) is 124 cm³/mol. The summed E-state index contributed by atoms with van der Waals surface area (Å²) in [5, 5.41) is 1.61. The lowest BCUT2D eigenvalue weighted by Gasteiger charge is -2.28. The van der Waals surface area contributed by atoms with Crippen molar-refractivity contribution in [3.63, 3.8) is 0 Å². The van der Waals surface area contributed by atoms with Crippen LogP contribution in [0, 0.1) is 11.7 Å². The quantitative estimate of drug-likeness (QED) is 0.322. The number of hydrogen-bond acceptors (Lipinski definition) is 1. The van der Waals surface area contributed by atoms with Crippen molar-refractivity contribution in [3.05, 3.63) is 89.8 Å². The molecular formula is C28H29F3O. The Bertz CT molecular complexity index is 1050. The van der Waals surface area contributed by atoms with Crippen molar-refractivity contribution in [2.45, 2.75) is 57.5 Å². The standard InChI is InChI=1S/C28H29F3O/c1-2-3-19-4-9-21(10-5-19)23-14-17-26-24(18-23)13-12-22(27(26)29)11-6-20-7-15-25(16-8-20)32-28(30)31/h2,7-8,12-19,21,28H,1,3-6,9-11H2. The fourth-order valence-corrected chi connectivity index (χ4v) is 4.89. The van der Waals surface area contributed by atoms with E-state index in [1.165, 1.54) is 43.4 Å². The molecule has 0 unspecified atom stereocenters. The van der Waals surface area contributed by atoms with Crippen molar-refractivity contribution in [1.29, 1.82) is 0 Å². The molecule has 168 valence electrons. The van der Waals surface area contributed by atoms with E-state index in [2.05, 4.69) is 23.4 Å². The van der Waals surface area contributed by atoms with Crippen molar-refractivity contribution < 1.29 is 17.9 Å². The summed E-state index contributed by atoms with van der Waals surface area (Å²) in [6.07, 6.45) is 9.14. The highest BCUT2D eigenvalue weighted by atomic mass is 19.3. The zero-order chi connectivity index (χ0) is 22.5. The Labute approximate surface area is 187 Å². The summed E-state index contributed by atoms with van der Waals surface area (Å²) in [7, 11) is 0. The smallest absolute Gasteiger partial charge is 0.387 e. The molecule has 0 N–H and O–H groups in total. The van der Waals surface area contributed by atoms with E-state index in [1.807, 2.05) is 24.3 Å². The number of aryl methyl sites for hydroxylation is 2. The Kier molecular flexibility index (Phi) is 7.19. The maximum absolute atomic E-state index is 15.2. The lowest BCUT2D eigenvalue weighted by Crippen LogP contribution is -2.12. The van der Waals surface area contributed by atoms with Gasteiger partial charge in [0.2, 0.25) is 0 Å². The third-order valence-corrected chi connectivity index (χ3v) is 6.71. The van der Waals surface area contributed by atoms with Crippen LogP contribution in [0.2, 0.25) is 0 Å². The van der Waals surface area contributed by atoms with Crippen LogP contribution < -0.4 is 4.74 Å². The molecule has 0 bridgehead atoms. The van der Waals surface area contributed by atoms with E-state index in [4.69, 9.17) is 0 Å². The van der Waals surface area contributed by atoms with Crippen molar-refractivity contribution in [3.8, 4) is 5.75 Å². The summed E-state index contributed by atoms with van der Waals surface area (Å²) in [5.74, 6) is 1.28. The molecule has 4 heteroatoms. The molecule has 1 aliphatic rings. The lowest BCUT2D eigenvalue weighted by atomic mass is 9.77. The van der Waals surface area contributed by atoms with E-state index in [0.29, 0.717) is 29.7 Å². The maximum atomic E-state index is 15.2. The van der Waals surface area contributed by atoms with Gasteiger partial charge in [0.1, 0.15) is 11.6 Å². The molecule has 0 atom stereocenters. The Morgan fingerprint density at radius 1 is 0.938 bits per heavy atom. The second-order valence-corrected chi connectivity index (χ2v) is 8.78. The van der Waals surface area contributed by atoms with Gasteiger partial charge in [0.25, 0.3) is 0 Å². The number of fused-ring (bicyclic) bond motifs is 1. The Morgan fingerprint density at radius 3 is 2.38 bits per heavy atom. The van der Waals surface area contributed by atoms with E-state index in [9.17, 15) is 8.78 Å². The number of ether oxygens (including phenoxy) is 1. The Morgan fingerprint density at radius 2 is 1.69 bits per heavy atom. The van der Waals surface area contributed by atoms with Gasteiger partial charge >= 0.3 is 6.61 Å². The van der Waals surface area contributed by atoms with Gasteiger partial charge in [-0.1, -0.05) is 48.5 Å². The third-order valence-electron chi connectivity index (χ3n) is 6.71. The number of hydrogen-bond donors (Lipinski definition) is 0. The zero-order valence-electron chi connectivity index (χ0n) is 18.2. The summed E-state index contributed by atoms with van der Waals surface area (Å²) >= 11 is 0. The molecule has 1 aliphatic carbocycles. The molecule has 0 heterocycles. The molecule has 3 aromatic rings. The topological polar surface area (TPSA) is 9.23 Å². The summed E-state index contributed by atoms with van der Waals surface area (Å²) in [6, 6.07) is 16.6. The van der Waals surface area contributed by atoms with Gasteiger partial charge < -0.3 is 4.74 Å². The summed E-state index contributed by atoms with van der Waals surface area (Å²) in [5.41, 5.74) is 2.93. The van der Waals surface area contributed by atoms with Crippen LogP contribution in [-0.2, 0) is 12.8 Å². The van der Waals surface area contributed by atoms with Gasteiger partial charge in [0.05, 0.1) is 0 Å². The fourth-order valence-electron chi connectivity index (χ4n) is 4.89. The van der Waals surface area contributed by atoms with Gasteiger partial charge in [0.15, 0.2) is 0 Å². The molecule has 0 aliphatic heterocycles. The lowest BCUT2D eigenvalue weighted by molar-refractivity contribution is -0.0498. The molecule has 4 rings (SSSR count). The van der Waals surface area contributed by atoms with Crippen molar-refractivity contribution in [1.82, 2.24) is 0 Å². The van der Waals surface area contributed by atoms with Crippen LogP contribution in [-0.4, -0.2) is 6.61 Å². The SMILES string of the molecule is C=CCC1CCC(c2ccc3c(F)c(CCc4ccc(OC(F)F)cc4)ccc3c2)CC1. The highest BCUT2D eigenvalue weighted by molar-refractivity contribution is 5.84. The van der Waals surface area contributed by atoms with Crippen LogP contribution >= 0.6 is 0 Å². The maximum Gasteiger partial charge on any atom is 0.387 e. The third kappa shape index (κ3) is 5.35. The number of halogens is 3. The van der Waals surface area contributed by atoms with Gasteiger partial charge in [-0.3, -0.25) is 0 Å². The first kappa shape index (κ1) is 22.4. The van der Waals surface area contributed by atoms with Gasteiger partial charge in [-0.25, -0.2) is 4.39 Å². The van der Waals surface area contributed by atoms with Crippen LogP contribution in [0.4, 0.5) is 13.2 Å². The normalized spacial score (nSPS) is 18.8. The predicted octanol–water partition coefficient (Wildman–Crippen LogP) is 8.22. The van der Waals surface area contributed by atoms with E-state index in [-0.39, 0.29) is 11.6 Å². The molecule has 1 saturated carbocycles. The van der Waals surface area contributed by atoms with Crippen LogP contribution in [0.1, 0.15) is 54.7 Å². The van der Waals surface area contributed by atoms with Crippen LogP contribution in [0.15, 0.2) is 67.3 Å². The monoisotopic (exact) mass is 438 g/mol. The average molecular weight is 439 g/mol. The molecule has 1 nitrogen and oxygen atoms in total.